The second-order valence-electron chi connectivity index (χ2n) is 4.94. The normalized spacial score (nSPS) is 11.2. The molecule has 0 fully saturated rings. The predicted octanol–water partition coefficient (Wildman–Crippen LogP) is 3.96. The van der Waals surface area contributed by atoms with E-state index in [0.29, 0.717) is 0 Å². The van der Waals surface area contributed by atoms with Crippen LogP contribution >= 0.6 is 0 Å². The van der Waals surface area contributed by atoms with Crippen molar-refractivity contribution in [2.75, 3.05) is 0 Å². The van der Waals surface area contributed by atoms with Crippen LogP contribution in [0.2, 0.25) is 6.04 Å². The van der Waals surface area contributed by atoms with E-state index < -0.39 is 0 Å². The summed E-state index contributed by atoms with van der Waals surface area (Å²) in [6.45, 7) is 4.01. The first-order valence-corrected chi connectivity index (χ1v) is 8.33. The first-order valence-electron chi connectivity index (χ1n) is 6.91. The number of hydrogen-bond donors (Lipinski definition) is 0. The molecule has 0 atom stereocenters. The average molecular weight is 262 g/mol. The maximum atomic E-state index is 4.01. The van der Waals surface area contributed by atoms with Gasteiger partial charge in [-0.25, -0.2) is 0 Å². The Bertz CT molecular complexity index is 699. The van der Waals surface area contributed by atoms with Crippen molar-refractivity contribution in [2.45, 2.75) is 12.5 Å². The first kappa shape index (κ1) is 12.2. The Morgan fingerprint density at radius 2 is 1.32 bits per heavy atom. The summed E-state index contributed by atoms with van der Waals surface area (Å²) in [5, 5.41) is 5.46. The van der Waals surface area contributed by atoms with E-state index in [0.717, 1.165) is 0 Å². The molecule has 0 saturated carbocycles. The van der Waals surface area contributed by atoms with E-state index >= 15 is 0 Å². The summed E-state index contributed by atoms with van der Waals surface area (Å²) in [4.78, 5) is 0. The molecule has 3 aromatic rings. The fourth-order valence-electron chi connectivity index (χ4n) is 2.99. The maximum Gasteiger partial charge on any atom is 0.00322 e. The summed E-state index contributed by atoms with van der Waals surface area (Å²) in [5.74, 6) is 0. The van der Waals surface area contributed by atoms with Gasteiger partial charge in [-0.15, -0.1) is 0 Å². The summed E-state index contributed by atoms with van der Waals surface area (Å²) in [6.07, 6.45) is 3.18. The monoisotopic (exact) mass is 262 g/mol. The molecule has 0 heterocycles. The van der Waals surface area contributed by atoms with Crippen molar-refractivity contribution >= 4 is 37.9 Å². The highest BCUT2D eigenvalue weighted by Crippen LogP contribution is 2.34. The second kappa shape index (κ2) is 5.02. The maximum absolute atomic E-state index is 4.01. The third-order valence-electron chi connectivity index (χ3n) is 3.79. The predicted molar refractivity (Wildman–Crippen MR) is 90.0 cm³/mol. The first-order chi connectivity index (χ1) is 9.36. The van der Waals surface area contributed by atoms with Crippen LogP contribution in [0.4, 0.5) is 0 Å². The summed E-state index contributed by atoms with van der Waals surface area (Å²) < 4.78 is 0. The molecular formula is C18H18Si. The van der Waals surface area contributed by atoms with Crippen LogP contribution in [-0.4, -0.2) is 10.2 Å². The minimum Gasteiger partial charge on any atom is -0.0984 e. The van der Waals surface area contributed by atoms with Crippen LogP contribution in [0, 0.1) is 0 Å². The lowest BCUT2D eigenvalue weighted by Gasteiger charge is -2.14. The summed E-state index contributed by atoms with van der Waals surface area (Å²) in [7, 11) is 1.25. The van der Waals surface area contributed by atoms with Gasteiger partial charge in [-0.2, -0.15) is 0 Å². The molecule has 0 radical (unpaired) electrons. The largest absolute Gasteiger partial charge is 0.0984 e. The topological polar surface area (TPSA) is 0 Å². The van der Waals surface area contributed by atoms with Crippen molar-refractivity contribution in [1.82, 2.24) is 0 Å². The van der Waals surface area contributed by atoms with Crippen LogP contribution in [0.1, 0.15) is 11.1 Å². The van der Waals surface area contributed by atoms with Crippen molar-refractivity contribution in [2.24, 2.45) is 0 Å². The Balaban J connectivity index is 2.57. The molecule has 0 nitrogen and oxygen atoms in total. The number of aryl methyl sites for hydroxylation is 1. The van der Waals surface area contributed by atoms with Crippen molar-refractivity contribution in [3.8, 4) is 0 Å². The molecule has 1 heteroatoms. The summed E-state index contributed by atoms with van der Waals surface area (Å²) >= 11 is 0. The van der Waals surface area contributed by atoms with Gasteiger partial charge in [0.15, 0.2) is 0 Å². The quantitative estimate of drug-likeness (QED) is 0.495. The van der Waals surface area contributed by atoms with Crippen molar-refractivity contribution in [1.29, 1.82) is 0 Å². The van der Waals surface area contributed by atoms with Crippen LogP contribution in [0.5, 0.6) is 0 Å². The van der Waals surface area contributed by atoms with E-state index in [1.165, 1.54) is 55.4 Å². The van der Waals surface area contributed by atoms with Gasteiger partial charge in [0.1, 0.15) is 0 Å². The molecular weight excluding hydrogens is 244 g/mol. The zero-order valence-corrected chi connectivity index (χ0v) is 13.3. The van der Waals surface area contributed by atoms with Gasteiger partial charge in [0.2, 0.25) is 0 Å². The molecule has 0 aromatic heterocycles. The zero-order valence-electron chi connectivity index (χ0n) is 11.3. The van der Waals surface area contributed by atoms with E-state index in [1.807, 2.05) is 6.08 Å². The van der Waals surface area contributed by atoms with Crippen LogP contribution < -0.4 is 0 Å². The molecule has 0 aliphatic rings. The fourth-order valence-corrected chi connectivity index (χ4v) is 3.49. The molecule has 0 amide bonds. The molecule has 0 unspecified atom stereocenters. The molecule has 0 bridgehead atoms. The Kier molecular flexibility index (Phi) is 3.22. The van der Waals surface area contributed by atoms with Gasteiger partial charge < -0.3 is 0 Å². The van der Waals surface area contributed by atoms with E-state index in [9.17, 15) is 0 Å². The molecule has 0 spiro atoms. The highest BCUT2D eigenvalue weighted by molar-refractivity contribution is 6.11. The standard InChI is InChI=1S/C18H18Si/c1-2-13-14-7-3-5-9-16(14)18(11-12-19)17-10-6-4-8-15(13)17/h2-10H,1,11-12H2,19H3. The van der Waals surface area contributed by atoms with Crippen LogP contribution in [-0.2, 0) is 6.42 Å². The molecule has 0 N–H and O–H groups in total. The Labute approximate surface area is 117 Å². The van der Waals surface area contributed by atoms with Gasteiger partial charge >= 0.3 is 0 Å². The number of rotatable bonds is 3. The van der Waals surface area contributed by atoms with Crippen LogP contribution in [0.25, 0.3) is 27.6 Å². The Morgan fingerprint density at radius 1 is 0.842 bits per heavy atom. The average Bonchev–Trinajstić information content (AvgIpc) is 2.47. The fraction of sp³-hybridized carbons (Fsp3) is 0.111. The lowest BCUT2D eigenvalue weighted by Crippen LogP contribution is -1.93. The Morgan fingerprint density at radius 3 is 1.74 bits per heavy atom. The van der Waals surface area contributed by atoms with Crippen molar-refractivity contribution in [3.63, 3.8) is 0 Å². The molecule has 0 aliphatic heterocycles. The highest BCUT2D eigenvalue weighted by Gasteiger charge is 2.10. The minimum absolute atomic E-state index is 1.19. The molecule has 94 valence electrons. The third kappa shape index (κ3) is 1.91. The van der Waals surface area contributed by atoms with Gasteiger partial charge in [-0.05, 0) is 39.1 Å². The van der Waals surface area contributed by atoms with Gasteiger partial charge in [-0.3, -0.25) is 0 Å². The van der Waals surface area contributed by atoms with Gasteiger partial charge in [0.05, 0.1) is 0 Å². The SMILES string of the molecule is C=Cc1c2ccccc2c(CC[SiH3])c2ccccc12. The van der Waals surface area contributed by atoms with E-state index in [-0.39, 0.29) is 0 Å². The minimum atomic E-state index is 1.19. The lowest BCUT2D eigenvalue weighted by molar-refractivity contribution is 1.17. The summed E-state index contributed by atoms with van der Waals surface area (Å²) in [6, 6.07) is 18.8. The van der Waals surface area contributed by atoms with E-state index in [1.54, 1.807) is 0 Å². The van der Waals surface area contributed by atoms with Gasteiger partial charge in [0.25, 0.3) is 0 Å². The number of benzene rings is 3. The number of hydrogen-bond acceptors (Lipinski definition) is 0. The lowest BCUT2D eigenvalue weighted by atomic mass is 9.91. The van der Waals surface area contributed by atoms with Crippen molar-refractivity contribution in [3.05, 3.63) is 66.2 Å². The van der Waals surface area contributed by atoms with E-state index in [2.05, 4.69) is 55.1 Å². The van der Waals surface area contributed by atoms with Crippen LogP contribution in [0.15, 0.2) is 55.1 Å². The van der Waals surface area contributed by atoms with Crippen molar-refractivity contribution < 1.29 is 0 Å². The molecule has 19 heavy (non-hydrogen) atoms. The second-order valence-corrected chi connectivity index (χ2v) is 5.94. The highest BCUT2D eigenvalue weighted by atomic mass is 28.1. The molecule has 0 saturated heterocycles. The zero-order chi connectivity index (χ0) is 13.2. The molecule has 0 aliphatic carbocycles. The van der Waals surface area contributed by atoms with E-state index in [4.69, 9.17) is 0 Å². The summed E-state index contributed by atoms with van der Waals surface area (Å²) in [5.41, 5.74) is 2.77. The molecule has 3 rings (SSSR count). The van der Waals surface area contributed by atoms with Crippen LogP contribution in [0.3, 0.4) is 0 Å². The van der Waals surface area contributed by atoms with Gasteiger partial charge in [0, 0.05) is 10.2 Å². The number of fused-ring (bicyclic) bond motifs is 2. The third-order valence-corrected chi connectivity index (χ3v) is 4.29. The smallest absolute Gasteiger partial charge is 0.00322 e. The molecule has 3 aromatic carbocycles. The van der Waals surface area contributed by atoms with Gasteiger partial charge in [-0.1, -0.05) is 67.2 Å². The Hall–Kier alpha value is -1.86.